The van der Waals surface area contributed by atoms with Crippen molar-refractivity contribution in [1.82, 2.24) is 4.90 Å². The first kappa shape index (κ1) is 16.2. The van der Waals surface area contributed by atoms with Crippen molar-refractivity contribution >= 4 is 24.8 Å². The Bertz CT molecular complexity index is 43.9. The van der Waals surface area contributed by atoms with Crippen molar-refractivity contribution in [2.24, 2.45) is 5.73 Å². The van der Waals surface area contributed by atoms with Crippen molar-refractivity contribution in [3.8, 4) is 0 Å². The van der Waals surface area contributed by atoms with E-state index in [4.69, 9.17) is 5.73 Å². The molecule has 0 aliphatic carbocycles. The standard InChI is InChI=1S/C5H14N2.2ClH/c1-3-7(2)5-4-6;;/h3-6H2,1-2H3;2*1H. The van der Waals surface area contributed by atoms with Gasteiger partial charge in [0.15, 0.2) is 0 Å². The Balaban J connectivity index is -0.000000180. The number of halogens is 2. The largest absolute Gasteiger partial charge is 0.329 e. The van der Waals surface area contributed by atoms with Gasteiger partial charge in [-0.2, -0.15) is 0 Å². The summed E-state index contributed by atoms with van der Waals surface area (Å²) in [5, 5.41) is 0. The Morgan fingerprint density at radius 3 is 1.89 bits per heavy atom. The summed E-state index contributed by atoms with van der Waals surface area (Å²) in [7, 11) is 2.06. The summed E-state index contributed by atoms with van der Waals surface area (Å²) in [6, 6.07) is 0. The minimum atomic E-state index is 0. The Hall–Kier alpha value is 0.500. The molecule has 0 spiro atoms. The van der Waals surface area contributed by atoms with Crippen LogP contribution in [0.15, 0.2) is 0 Å². The molecule has 0 aromatic rings. The van der Waals surface area contributed by atoms with E-state index in [-0.39, 0.29) is 24.8 Å². The molecule has 0 bridgehead atoms. The van der Waals surface area contributed by atoms with Crippen molar-refractivity contribution in [3.63, 3.8) is 0 Å². The lowest BCUT2D eigenvalue weighted by Gasteiger charge is -2.10. The molecule has 2 nitrogen and oxygen atoms in total. The SMILES string of the molecule is CCN(C)CCN.Cl.Cl. The third-order valence-electron chi connectivity index (χ3n) is 1.05. The predicted molar refractivity (Wildman–Crippen MR) is 46.7 cm³/mol. The molecular weight excluding hydrogens is 159 g/mol. The Kier molecular flexibility index (Phi) is 20.4. The third kappa shape index (κ3) is 11.9. The first-order chi connectivity index (χ1) is 3.31. The molecule has 2 N–H and O–H groups in total. The monoisotopic (exact) mass is 174 g/mol. The summed E-state index contributed by atoms with van der Waals surface area (Å²) in [6.45, 7) is 4.99. The number of rotatable bonds is 3. The van der Waals surface area contributed by atoms with Gasteiger partial charge < -0.3 is 10.6 Å². The first-order valence-electron chi connectivity index (χ1n) is 2.70. The van der Waals surface area contributed by atoms with Crippen LogP contribution in [0.3, 0.4) is 0 Å². The molecule has 9 heavy (non-hydrogen) atoms. The second-order valence-electron chi connectivity index (χ2n) is 1.68. The van der Waals surface area contributed by atoms with Crippen LogP contribution in [0.5, 0.6) is 0 Å². The molecule has 0 atom stereocenters. The van der Waals surface area contributed by atoms with Gasteiger partial charge in [0.1, 0.15) is 0 Å². The van der Waals surface area contributed by atoms with E-state index < -0.39 is 0 Å². The second-order valence-corrected chi connectivity index (χ2v) is 1.68. The highest BCUT2D eigenvalue weighted by Gasteiger charge is 1.86. The van der Waals surface area contributed by atoms with Gasteiger partial charge in [0, 0.05) is 13.1 Å². The van der Waals surface area contributed by atoms with E-state index in [0.717, 1.165) is 19.6 Å². The van der Waals surface area contributed by atoms with Crippen LogP contribution in [0.1, 0.15) is 6.92 Å². The van der Waals surface area contributed by atoms with Crippen LogP contribution in [0.2, 0.25) is 0 Å². The topological polar surface area (TPSA) is 29.3 Å². The van der Waals surface area contributed by atoms with Gasteiger partial charge in [0.05, 0.1) is 0 Å². The molecule has 0 aliphatic heterocycles. The molecule has 0 saturated heterocycles. The highest BCUT2D eigenvalue weighted by Crippen LogP contribution is 1.74. The average molecular weight is 175 g/mol. The molecule has 0 rings (SSSR count). The normalized spacial score (nSPS) is 8.00. The quantitative estimate of drug-likeness (QED) is 0.685. The predicted octanol–water partition coefficient (Wildman–Crippen LogP) is 0.740. The second kappa shape index (κ2) is 11.3. The molecule has 0 amide bonds. The van der Waals surface area contributed by atoms with Crippen molar-refractivity contribution < 1.29 is 0 Å². The summed E-state index contributed by atoms with van der Waals surface area (Å²) >= 11 is 0. The Labute approximate surface area is 69.6 Å². The molecule has 0 aromatic carbocycles. The molecule has 60 valence electrons. The Morgan fingerprint density at radius 2 is 1.78 bits per heavy atom. The van der Waals surface area contributed by atoms with Crippen LogP contribution in [-0.2, 0) is 0 Å². The number of nitrogens with zero attached hydrogens (tertiary/aromatic N) is 1. The summed E-state index contributed by atoms with van der Waals surface area (Å²) in [5.41, 5.74) is 5.26. The third-order valence-corrected chi connectivity index (χ3v) is 1.05. The van der Waals surface area contributed by atoms with E-state index in [1.165, 1.54) is 0 Å². The van der Waals surface area contributed by atoms with Crippen LogP contribution in [-0.4, -0.2) is 31.6 Å². The lowest BCUT2D eigenvalue weighted by Crippen LogP contribution is -2.24. The van der Waals surface area contributed by atoms with E-state index in [0.29, 0.717) is 0 Å². The summed E-state index contributed by atoms with van der Waals surface area (Å²) < 4.78 is 0. The highest BCUT2D eigenvalue weighted by atomic mass is 35.5. The maximum absolute atomic E-state index is 5.26. The lowest BCUT2D eigenvalue weighted by atomic mass is 10.5. The molecule has 0 unspecified atom stereocenters. The van der Waals surface area contributed by atoms with Gasteiger partial charge in [-0.25, -0.2) is 0 Å². The smallest absolute Gasteiger partial charge is 0.0101 e. The molecule has 0 heterocycles. The zero-order chi connectivity index (χ0) is 5.70. The lowest BCUT2D eigenvalue weighted by molar-refractivity contribution is 0.363. The molecule has 0 fully saturated rings. The summed E-state index contributed by atoms with van der Waals surface area (Å²) in [5.74, 6) is 0. The van der Waals surface area contributed by atoms with Gasteiger partial charge in [-0.1, -0.05) is 6.92 Å². The van der Waals surface area contributed by atoms with Gasteiger partial charge in [0.25, 0.3) is 0 Å². The molecule has 0 saturated carbocycles. The minimum absolute atomic E-state index is 0. The zero-order valence-electron chi connectivity index (χ0n) is 5.96. The van der Waals surface area contributed by atoms with Crippen LogP contribution in [0, 0.1) is 0 Å². The molecular formula is C5H16Cl2N2. The highest BCUT2D eigenvalue weighted by molar-refractivity contribution is 5.85. The van der Waals surface area contributed by atoms with E-state index >= 15 is 0 Å². The maximum Gasteiger partial charge on any atom is 0.0101 e. The number of likely N-dealkylation sites (N-methyl/N-ethyl adjacent to an activating group) is 1. The van der Waals surface area contributed by atoms with Gasteiger partial charge in [-0.3, -0.25) is 0 Å². The van der Waals surface area contributed by atoms with Crippen molar-refractivity contribution in [1.29, 1.82) is 0 Å². The number of hydrogen-bond acceptors (Lipinski definition) is 2. The number of hydrogen-bond donors (Lipinski definition) is 1. The van der Waals surface area contributed by atoms with E-state index in [2.05, 4.69) is 18.9 Å². The van der Waals surface area contributed by atoms with Crippen molar-refractivity contribution in [2.45, 2.75) is 6.92 Å². The van der Waals surface area contributed by atoms with E-state index in [1.54, 1.807) is 0 Å². The number of nitrogens with two attached hydrogens (primary N) is 1. The molecule has 0 aliphatic rings. The minimum Gasteiger partial charge on any atom is -0.329 e. The molecule has 0 aromatic heterocycles. The maximum atomic E-state index is 5.26. The molecule has 0 radical (unpaired) electrons. The first-order valence-corrected chi connectivity index (χ1v) is 2.70. The van der Waals surface area contributed by atoms with Crippen LogP contribution < -0.4 is 5.73 Å². The zero-order valence-corrected chi connectivity index (χ0v) is 7.60. The summed E-state index contributed by atoms with van der Waals surface area (Å²) in [6.07, 6.45) is 0. The summed E-state index contributed by atoms with van der Waals surface area (Å²) in [4.78, 5) is 2.18. The van der Waals surface area contributed by atoms with Gasteiger partial charge in [0.2, 0.25) is 0 Å². The molecule has 4 heteroatoms. The fourth-order valence-corrected chi connectivity index (χ4v) is 0.379. The van der Waals surface area contributed by atoms with Gasteiger partial charge in [-0.05, 0) is 13.6 Å². The van der Waals surface area contributed by atoms with Crippen LogP contribution >= 0.6 is 24.8 Å². The van der Waals surface area contributed by atoms with Crippen LogP contribution in [0.25, 0.3) is 0 Å². The van der Waals surface area contributed by atoms with Gasteiger partial charge in [-0.15, -0.1) is 24.8 Å². The fraction of sp³-hybridized carbons (Fsp3) is 1.00. The van der Waals surface area contributed by atoms with E-state index in [9.17, 15) is 0 Å². The van der Waals surface area contributed by atoms with Crippen molar-refractivity contribution in [2.75, 3.05) is 26.7 Å². The van der Waals surface area contributed by atoms with Crippen molar-refractivity contribution in [3.05, 3.63) is 0 Å². The van der Waals surface area contributed by atoms with Crippen LogP contribution in [0.4, 0.5) is 0 Å². The van der Waals surface area contributed by atoms with Gasteiger partial charge >= 0.3 is 0 Å². The Morgan fingerprint density at radius 1 is 1.33 bits per heavy atom. The average Bonchev–Trinajstić information content (AvgIpc) is 1.68. The van der Waals surface area contributed by atoms with E-state index in [1.807, 2.05) is 0 Å². The fourth-order valence-electron chi connectivity index (χ4n) is 0.379.